The summed E-state index contributed by atoms with van der Waals surface area (Å²) in [5.41, 5.74) is 0. The minimum atomic E-state index is 0.656. The average Bonchev–Trinajstić information content (AvgIpc) is 2.42. The van der Waals surface area contributed by atoms with Gasteiger partial charge in [0.1, 0.15) is 0 Å². The van der Waals surface area contributed by atoms with Gasteiger partial charge in [0.15, 0.2) is 0 Å². The van der Waals surface area contributed by atoms with Gasteiger partial charge in [-0.05, 0) is 31.6 Å². The predicted molar refractivity (Wildman–Crippen MR) is 75.7 cm³/mol. The Morgan fingerprint density at radius 2 is 0.947 bits per heavy atom. The second-order valence-electron chi connectivity index (χ2n) is 5.08. The van der Waals surface area contributed by atoms with Crippen molar-refractivity contribution in [3.8, 4) is 18.2 Å². The number of rotatable bonds is 12. The van der Waals surface area contributed by atoms with Crippen LogP contribution >= 0.6 is 0 Å². The van der Waals surface area contributed by atoms with Crippen molar-refractivity contribution >= 4 is 0 Å². The standard InChI is InChI=1S/C16H25N3/c17-13-7-2-1-4-10-16(12-6-9-15-19)11-5-3-8-14-18/h16H,1-12H2. The first-order valence-corrected chi connectivity index (χ1v) is 7.46. The highest BCUT2D eigenvalue weighted by Gasteiger charge is 2.08. The van der Waals surface area contributed by atoms with E-state index in [0.29, 0.717) is 25.2 Å². The summed E-state index contributed by atoms with van der Waals surface area (Å²) in [7, 11) is 0. The van der Waals surface area contributed by atoms with Crippen molar-refractivity contribution in [1.82, 2.24) is 0 Å². The fraction of sp³-hybridized carbons (Fsp3) is 0.812. The molecule has 1 unspecified atom stereocenters. The first-order valence-electron chi connectivity index (χ1n) is 7.46. The molecule has 0 radical (unpaired) electrons. The third kappa shape index (κ3) is 12.7. The van der Waals surface area contributed by atoms with Crippen molar-refractivity contribution in [2.45, 2.75) is 77.0 Å². The van der Waals surface area contributed by atoms with Crippen LogP contribution in [0.15, 0.2) is 0 Å². The lowest BCUT2D eigenvalue weighted by molar-refractivity contribution is 0.379. The van der Waals surface area contributed by atoms with E-state index in [0.717, 1.165) is 38.5 Å². The van der Waals surface area contributed by atoms with Gasteiger partial charge in [0.2, 0.25) is 0 Å². The van der Waals surface area contributed by atoms with Gasteiger partial charge in [0.05, 0.1) is 18.2 Å². The van der Waals surface area contributed by atoms with Crippen LogP contribution in [0.3, 0.4) is 0 Å². The Morgan fingerprint density at radius 1 is 0.526 bits per heavy atom. The Balaban J connectivity index is 3.74. The third-order valence-corrected chi connectivity index (χ3v) is 3.45. The summed E-state index contributed by atoms with van der Waals surface area (Å²) in [4.78, 5) is 0. The lowest BCUT2D eigenvalue weighted by atomic mass is 9.90. The summed E-state index contributed by atoms with van der Waals surface area (Å²) in [5.74, 6) is 0.703. The molecule has 0 aromatic rings. The molecule has 0 bridgehead atoms. The van der Waals surface area contributed by atoms with Crippen LogP contribution in [0.4, 0.5) is 0 Å². The van der Waals surface area contributed by atoms with Gasteiger partial charge < -0.3 is 0 Å². The first kappa shape index (κ1) is 17.5. The van der Waals surface area contributed by atoms with E-state index in [-0.39, 0.29) is 0 Å². The number of hydrogen-bond donors (Lipinski definition) is 0. The molecule has 0 saturated carbocycles. The molecule has 104 valence electrons. The van der Waals surface area contributed by atoms with E-state index in [1.807, 2.05) is 0 Å². The molecule has 0 aromatic carbocycles. The molecule has 0 spiro atoms. The van der Waals surface area contributed by atoms with Gasteiger partial charge in [0, 0.05) is 19.3 Å². The second kappa shape index (κ2) is 14.5. The van der Waals surface area contributed by atoms with E-state index in [4.69, 9.17) is 15.8 Å². The molecule has 0 aromatic heterocycles. The molecular weight excluding hydrogens is 234 g/mol. The van der Waals surface area contributed by atoms with E-state index >= 15 is 0 Å². The molecule has 3 heteroatoms. The Bertz CT molecular complexity index is 316. The highest BCUT2D eigenvalue weighted by atomic mass is 14.2. The minimum absolute atomic E-state index is 0.656. The van der Waals surface area contributed by atoms with Crippen LogP contribution in [0.1, 0.15) is 77.0 Å². The van der Waals surface area contributed by atoms with Crippen LogP contribution in [-0.2, 0) is 0 Å². The number of unbranched alkanes of at least 4 members (excludes halogenated alkanes) is 6. The predicted octanol–water partition coefficient (Wildman–Crippen LogP) is 4.85. The Labute approximate surface area is 117 Å². The van der Waals surface area contributed by atoms with Gasteiger partial charge in [-0.2, -0.15) is 15.8 Å². The molecular formula is C16H25N3. The van der Waals surface area contributed by atoms with Crippen LogP contribution < -0.4 is 0 Å². The molecule has 1 atom stereocenters. The molecule has 0 aliphatic rings. The van der Waals surface area contributed by atoms with Gasteiger partial charge >= 0.3 is 0 Å². The third-order valence-electron chi connectivity index (χ3n) is 3.45. The minimum Gasteiger partial charge on any atom is -0.198 e. The van der Waals surface area contributed by atoms with Gasteiger partial charge in [-0.25, -0.2) is 0 Å². The molecule has 0 saturated heterocycles. The monoisotopic (exact) mass is 259 g/mol. The summed E-state index contributed by atoms with van der Waals surface area (Å²) >= 11 is 0. The van der Waals surface area contributed by atoms with E-state index in [1.165, 1.54) is 19.3 Å². The molecule has 0 fully saturated rings. The van der Waals surface area contributed by atoms with Crippen molar-refractivity contribution in [3.63, 3.8) is 0 Å². The molecule has 0 aliphatic heterocycles. The first-order chi connectivity index (χ1) is 9.35. The normalized spacial score (nSPS) is 11.2. The average molecular weight is 259 g/mol. The highest BCUT2D eigenvalue weighted by Crippen LogP contribution is 2.23. The smallest absolute Gasteiger partial charge is 0.0621 e. The Morgan fingerprint density at radius 3 is 1.53 bits per heavy atom. The maximum Gasteiger partial charge on any atom is 0.0621 e. The fourth-order valence-corrected chi connectivity index (χ4v) is 2.35. The molecule has 0 N–H and O–H groups in total. The van der Waals surface area contributed by atoms with Crippen molar-refractivity contribution in [3.05, 3.63) is 0 Å². The lowest BCUT2D eigenvalue weighted by Gasteiger charge is -2.15. The summed E-state index contributed by atoms with van der Waals surface area (Å²) < 4.78 is 0. The zero-order valence-corrected chi connectivity index (χ0v) is 11.9. The van der Waals surface area contributed by atoms with Crippen LogP contribution in [0.25, 0.3) is 0 Å². The molecule has 0 rings (SSSR count). The maximum atomic E-state index is 8.58. The van der Waals surface area contributed by atoms with Gasteiger partial charge in [-0.3, -0.25) is 0 Å². The van der Waals surface area contributed by atoms with Gasteiger partial charge in [-0.15, -0.1) is 0 Å². The quantitative estimate of drug-likeness (QED) is 0.470. The Kier molecular flexibility index (Phi) is 13.4. The summed E-state index contributed by atoms with van der Waals surface area (Å²) in [5, 5.41) is 25.6. The number of hydrogen-bond acceptors (Lipinski definition) is 3. The second-order valence-corrected chi connectivity index (χ2v) is 5.08. The summed E-state index contributed by atoms with van der Waals surface area (Å²) in [6, 6.07) is 6.57. The van der Waals surface area contributed by atoms with Gasteiger partial charge in [-0.1, -0.05) is 32.1 Å². The van der Waals surface area contributed by atoms with E-state index in [9.17, 15) is 0 Å². The highest BCUT2D eigenvalue weighted by molar-refractivity contribution is 4.72. The summed E-state index contributed by atoms with van der Waals surface area (Å²) in [6.07, 6.45) is 12.0. The van der Waals surface area contributed by atoms with Crippen LogP contribution in [0, 0.1) is 39.9 Å². The largest absolute Gasteiger partial charge is 0.198 e. The van der Waals surface area contributed by atoms with Crippen LogP contribution in [0.2, 0.25) is 0 Å². The molecule has 19 heavy (non-hydrogen) atoms. The SMILES string of the molecule is N#CCCCCCC(CCCC#N)CCCCC#N. The van der Waals surface area contributed by atoms with E-state index < -0.39 is 0 Å². The van der Waals surface area contributed by atoms with Crippen LogP contribution in [-0.4, -0.2) is 0 Å². The lowest BCUT2D eigenvalue weighted by Crippen LogP contribution is -2.01. The molecule has 0 amide bonds. The van der Waals surface area contributed by atoms with Gasteiger partial charge in [0.25, 0.3) is 0 Å². The number of nitriles is 3. The van der Waals surface area contributed by atoms with Crippen molar-refractivity contribution < 1.29 is 0 Å². The van der Waals surface area contributed by atoms with Crippen LogP contribution in [0.5, 0.6) is 0 Å². The zero-order valence-electron chi connectivity index (χ0n) is 11.9. The topological polar surface area (TPSA) is 71.4 Å². The molecule has 3 nitrogen and oxygen atoms in total. The molecule has 0 heterocycles. The van der Waals surface area contributed by atoms with Crippen molar-refractivity contribution in [2.75, 3.05) is 0 Å². The zero-order chi connectivity index (χ0) is 14.2. The Hall–Kier alpha value is -1.53. The van der Waals surface area contributed by atoms with Crippen molar-refractivity contribution in [1.29, 1.82) is 15.8 Å². The van der Waals surface area contributed by atoms with Crippen molar-refractivity contribution in [2.24, 2.45) is 5.92 Å². The summed E-state index contributed by atoms with van der Waals surface area (Å²) in [6.45, 7) is 0. The molecule has 0 aliphatic carbocycles. The van der Waals surface area contributed by atoms with E-state index in [2.05, 4.69) is 18.2 Å². The fourth-order valence-electron chi connectivity index (χ4n) is 2.35. The maximum absolute atomic E-state index is 8.58. The van der Waals surface area contributed by atoms with E-state index in [1.54, 1.807) is 0 Å². The number of nitrogens with zero attached hydrogens (tertiary/aromatic N) is 3.